The van der Waals surface area contributed by atoms with Gasteiger partial charge in [-0.2, -0.15) is 0 Å². The molecule has 59 heavy (non-hydrogen) atoms. The van der Waals surface area contributed by atoms with Gasteiger partial charge in [-0.25, -0.2) is 15.0 Å². The summed E-state index contributed by atoms with van der Waals surface area (Å²) in [4.78, 5) is 15.6. The van der Waals surface area contributed by atoms with Gasteiger partial charge in [-0.05, 0) is 56.1 Å². The number of benzene rings is 9. The van der Waals surface area contributed by atoms with Crippen molar-refractivity contribution >= 4 is 65.2 Å². The van der Waals surface area contributed by atoms with Crippen molar-refractivity contribution in [3.8, 4) is 56.3 Å². The zero-order valence-corrected chi connectivity index (χ0v) is 31.8. The Morgan fingerprint density at radius 2 is 0.831 bits per heavy atom. The first-order valence-electron chi connectivity index (χ1n) is 19.9. The minimum Gasteiger partial charge on any atom is -0.454 e. The summed E-state index contributed by atoms with van der Waals surface area (Å²) in [6, 6.07) is 70.2. The van der Waals surface area contributed by atoms with Crippen molar-refractivity contribution in [2.45, 2.75) is 0 Å². The number of furan rings is 1. The van der Waals surface area contributed by atoms with Crippen molar-refractivity contribution < 1.29 is 4.42 Å². The molecule has 274 valence electrons. The van der Waals surface area contributed by atoms with Crippen LogP contribution in [0.1, 0.15) is 0 Å². The molecule has 3 aromatic heterocycles. The van der Waals surface area contributed by atoms with E-state index < -0.39 is 0 Å². The third kappa shape index (κ3) is 5.42. The molecule has 0 N–H and O–H groups in total. The lowest BCUT2D eigenvalue weighted by atomic mass is 9.92. The molecule has 4 heteroatoms. The van der Waals surface area contributed by atoms with E-state index in [4.69, 9.17) is 19.4 Å². The summed E-state index contributed by atoms with van der Waals surface area (Å²) in [6.45, 7) is 0. The summed E-state index contributed by atoms with van der Waals surface area (Å²) >= 11 is 0. The number of fused-ring (bicyclic) bond motifs is 11. The molecular weight excluding hydrogens is 719 g/mol. The van der Waals surface area contributed by atoms with Gasteiger partial charge in [0, 0.05) is 44.0 Å². The van der Waals surface area contributed by atoms with Crippen LogP contribution in [0.2, 0.25) is 0 Å². The van der Waals surface area contributed by atoms with Gasteiger partial charge < -0.3 is 4.42 Å². The number of hydrogen-bond acceptors (Lipinski definition) is 4. The van der Waals surface area contributed by atoms with Gasteiger partial charge in [-0.3, -0.25) is 0 Å². The van der Waals surface area contributed by atoms with Crippen LogP contribution in [0.5, 0.6) is 0 Å². The third-order valence-corrected chi connectivity index (χ3v) is 11.7. The Morgan fingerprint density at radius 1 is 0.322 bits per heavy atom. The molecule has 12 aromatic rings. The molecule has 0 saturated carbocycles. The van der Waals surface area contributed by atoms with E-state index in [0.717, 1.165) is 83.3 Å². The average molecular weight is 752 g/mol. The summed E-state index contributed by atoms with van der Waals surface area (Å²) in [6.07, 6.45) is 0. The van der Waals surface area contributed by atoms with Crippen LogP contribution in [-0.2, 0) is 0 Å². The van der Waals surface area contributed by atoms with Gasteiger partial charge in [0.15, 0.2) is 11.4 Å². The summed E-state index contributed by atoms with van der Waals surface area (Å²) < 4.78 is 6.73. The second kappa shape index (κ2) is 13.3. The van der Waals surface area contributed by atoms with Crippen LogP contribution in [0.25, 0.3) is 121 Å². The summed E-state index contributed by atoms with van der Waals surface area (Å²) in [7, 11) is 0. The van der Waals surface area contributed by atoms with Crippen molar-refractivity contribution in [2.24, 2.45) is 0 Å². The quantitative estimate of drug-likeness (QED) is 0.164. The molecule has 0 aliphatic rings. The van der Waals surface area contributed by atoms with Crippen LogP contribution in [0.3, 0.4) is 0 Å². The van der Waals surface area contributed by atoms with E-state index in [9.17, 15) is 0 Å². The molecule has 0 aliphatic carbocycles. The Kier molecular flexibility index (Phi) is 7.50. The van der Waals surface area contributed by atoms with Crippen molar-refractivity contribution in [3.63, 3.8) is 0 Å². The smallest absolute Gasteiger partial charge is 0.162 e. The Bertz CT molecular complexity index is 3500. The zero-order valence-electron chi connectivity index (χ0n) is 31.8. The lowest BCUT2D eigenvalue weighted by Crippen LogP contribution is -1.96. The van der Waals surface area contributed by atoms with Gasteiger partial charge in [-0.15, -0.1) is 0 Å². The molecule has 3 heterocycles. The van der Waals surface area contributed by atoms with Gasteiger partial charge in [0.2, 0.25) is 0 Å². The highest BCUT2D eigenvalue weighted by Crippen LogP contribution is 2.44. The molecule has 0 amide bonds. The fraction of sp³-hybridized carbons (Fsp3) is 0. The number of nitrogens with zero attached hydrogens (tertiary/aromatic N) is 3. The largest absolute Gasteiger partial charge is 0.454 e. The topological polar surface area (TPSA) is 51.8 Å². The van der Waals surface area contributed by atoms with E-state index in [0.29, 0.717) is 5.82 Å². The van der Waals surface area contributed by atoms with Crippen LogP contribution in [0.15, 0.2) is 205 Å². The van der Waals surface area contributed by atoms with Crippen molar-refractivity contribution in [1.82, 2.24) is 15.0 Å². The number of pyridine rings is 1. The Labute approximate surface area is 339 Å². The normalized spacial score (nSPS) is 11.7. The maximum Gasteiger partial charge on any atom is 0.162 e. The predicted octanol–water partition coefficient (Wildman–Crippen LogP) is 14.7. The monoisotopic (exact) mass is 751 g/mol. The standard InChI is InChI=1S/C55H33N3O/c1-3-14-35(15-4-1)48-33-49(57-55(56-48)37-16-5-2-6-17-37)36-28-26-34(27-29-36)39-23-13-24-46-51-45-22-11-12-25-50(45)59-54(51)52(58-53(39)46)38-30-31-44-42-20-8-7-18-40(42)41-19-9-10-21-43(41)47(44)32-38/h1-33H. The summed E-state index contributed by atoms with van der Waals surface area (Å²) in [5.74, 6) is 0.697. The first-order valence-corrected chi connectivity index (χ1v) is 19.9. The van der Waals surface area contributed by atoms with E-state index in [1.807, 2.05) is 48.5 Å². The highest BCUT2D eigenvalue weighted by Gasteiger charge is 2.21. The predicted molar refractivity (Wildman–Crippen MR) is 244 cm³/mol. The first-order chi connectivity index (χ1) is 29.2. The number of hydrogen-bond donors (Lipinski definition) is 0. The lowest BCUT2D eigenvalue weighted by molar-refractivity contribution is 0.669. The second-order valence-electron chi connectivity index (χ2n) is 15.1. The minimum atomic E-state index is 0.697. The molecule has 4 nitrogen and oxygen atoms in total. The van der Waals surface area contributed by atoms with Gasteiger partial charge in [-0.1, -0.05) is 182 Å². The van der Waals surface area contributed by atoms with Crippen molar-refractivity contribution in [2.75, 3.05) is 0 Å². The highest BCUT2D eigenvalue weighted by molar-refractivity contribution is 6.27. The molecular formula is C55H33N3O. The summed E-state index contributed by atoms with van der Waals surface area (Å²) in [5, 5.41) is 10.6. The lowest BCUT2D eigenvalue weighted by Gasteiger charge is -2.14. The summed E-state index contributed by atoms with van der Waals surface area (Å²) in [5.41, 5.74) is 11.3. The van der Waals surface area contributed by atoms with Crippen LogP contribution >= 0.6 is 0 Å². The zero-order chi connectivity index (χ0) is 38.9. The second-order valence-corrected chi connectivity index (χ2v) is 15.1. The maximum atomic E-state index is 6.73. The molecule has 0 atom stereocenters. The van der Waals surface area contributed by atoms with Gasteiger partial charge in [0.25, 0.3) is 0 Å². The minimum absolute atomic E-state index is 0.697. The van der Waals surface area contributed by atoms with Crippen LogP contribution in [-0.4, -0.2) is 15.0 Å². The molecule has 0 aliphatic heterocycles. The number of rotatable bonds is 5. The molecule has 0 saturated heterocycles. The molecule has 0 unspecified atom stereocenters. The van der Waals surface area contributed by atoms with Gasteiger partial charge >= 0.3 is 0 Å². The fourth-order valence-corrected chi connectivity index (χ4v) is 8.88. The SMILES string of the molecule is c1ccc(-c2cc(-c3ccc(-c4cccc5c4nc(-c4ccc6c7ccccc7c7ccccc7c6c4)c4oc6ccccc6c45)cc3)nc(-c3ccccc3)n2)cc1. The molecule has 0 bridgehead atoms. The van der Waals surface area contributed by atoms with Crippen LogP contribution < -0.4 is 0 Å². The molecule has 9 aromatic carbocycles. The number of para-hydroxylation sites is 2. The third-order valence-electron chi connectivity index (χ3n) is 11.7. The average Bonchev–Trinajstić information content (AvgIpc) is 3.72. The van der Waals surface area contributed by atoms with E-state index in [1.165, 1.54) is 32.3 Å². The fourth-order valence-electron chi connectivity index (χ4n) is 8.88. The molecule has 0 fully saturated rings. The molecule has 0 radical (unpaired) electrons. The van der Waals surface area contributed by atoms with Gasteiger partial charge in [0.1, 0.15) is 11.3 Å². The van der Waals surface area contributed by atoms with E-state index in [1.54, 1.807) is 0 Å². The number of aromatic nitrogens is 3. The van der Waals surface area contributed by atoms with Crippen LogP contribution in [0.4, 0.5) is 0 Å². The van der Waals surface area contributed by atoms with Gasteiger partial charge in [0.05, 0.1) is 16.9 Å². The van der Waals surface area contributed by atoms with Crippen LogP contribution in [0, 0.1) is 0 Å². The van der Waals surface area contributed by atoms with E-state index >= 15 is 0 Å². The van der Waals surface area contributed by atoms with E-state index in [2.05, 4.69) is 152 Å². The van der Waals surface area contributed by atoms with Crippen molar-refractivity contribution in [3.05, 3.63) is 200 Å². The Balaban J connectivity index is 1.05. The molecule has 12 rings (SSSR count). The Hall–Kier alpha value is -7.95. The van der Waals surface area contributed by atoms with Crippen molar-refractivity contribution in [1.29, 1.82) is 0 Å². The molecule has 0 spiro atoms. The van der Waals surface area contributed by atoms with E-state index in [-0.39, 0.29) is 0 Å². The maximum absolute atomic E-state index is 6.73. The first kappa shape index (κ1) is 33.2. The highest BCUT2D eigenvalue weighted by atomic mass is 16.3. The Morgan fingerprint density at radius 3 is 1.51 bits per heavy atom.